The summed E-state index contributed by atoms with van der Waals surface area (Å²) in [4.78, 5) is 12.1. The Balaban J connectivity index is 1.54. The van der Waals surface area contributed by atoms with Crippen molar-refractivity contribution in [3.8, 4) is 0 Å². The van der Waals surface area contributed by atoms with Crippen molar-refractivity contribution in [2.45, 2.75) is 25.5 Å². The molecule has 0 saturated heterocycles. The Hall–Kier alpha value is -2.02. The Kier molecular flexibility index (Phi) is 6.42. The minimum atomic E-state index is -0.224. The molecule has 1 heterocycles. The Labute approximate surface area is 171 Å². The number of thioether (sulfide) groups is 1. The van der Waals surface area contributed by atoms with Gasteiger partial charge in [0.1, 0.15) is 0 Å². The van der Waals surface area contributed by atoms with Crippen LogP contribution < -0.4 is 5.32 Å². The summed E-state index contributed by atoms with van der Waals surface area (Å²) in [7, 11) is 0. The third-order valence-corrected chi connectivity index (χ3v) is 5.27. The van der Waals surface area contributed by atoms with Gasteiger partial charge in [-0.05, 0) is 48.7 Å². The number of hydrogen-bond donors (Lipinski definition) is 1. The lowest BCUT2D eigenvalue weighted by atomic mass is 10.0. The minimum absolute atomic E-state index is 0.129. The van der Waals surface area contributed by atoms with Crippen molar-refractivity contribution in [2.75, 3.05) is 11.1 Å². The van der Waals surface area contributed by atoms with Gasteiger partial charge in [0.25, 0.3) is 5.22 Å². The van der Waals surface area contributed by atoms with Gasteiger partial charge in [-0.3, -0.25) is 4.79 Å². The maximum atomic E-state index is 12.1. The second kappa shape index (κ2) is 8.78. The van der Waals surface area contributed by atoms with E-state index in [0.717, 1.165) is 5.56 Å². The van der Waals surface area contributed by atoms with Crippen LogP contribution in [0.1, 0.15) is 22.6 Å². The molecule has 5 nitrogen and oxygen atoms in total. The van der Waals surface area contributed by atoms with Crippen molar-refractivity contribution in [1.82, 2.24) is 10.2 Å². The number of carbonyl (C=O) groups is 1. The normalized spacial score (nSPS) is 10.8. The van der Waals surface area contributed by atoms with Crippen LogP contribution in [-0.4, -0.2) is 21.9 Å². The molecule has 1 aromatic heterocycles. The van der Waals surface area contributed by atoms with Crippen LogP contribution in [0, 0.1) is 13.8 Å². The Morgan fingerprint density at radius 2 is 1.93 bits per heavy atom. The molecule has 3 rings (SSSR count). The van der Waals surface area contributed by atoms with E-state index >= 15 is 0 Å². The number of aromatic nitrogens is 2. The average molecular weight is 422 g/mol. The van der Waals surface area contributed by atoms with E-state index in [0.29, 0.717) is 33.3 Å². The lowest BCUT2D eigenvalue weighted by Gasteiger charge is -2.06. The first-order chi connectivity index (χ1) is 12.9. The molecule has 0 spiro atoms. The number of nitrogens with one attached hydrogen (secondary N) is 1. The summed E-state index contributed by atoms with van der Waals surface area (Å²) in [6, 6.07) is 11.1. The smallest absolute Gasteiger partial charge is 0.277 e. The zero-order valence-corrected chi connectivity index (χ0v) is 17.1. The van der Waals surface area contributed by atoms with E-state index in [-0.39, 0.29) is 11.7 Å². The lowest BCUT2D eigenvalue weighted by Crippen LogP contribution is -2.14. The van der Waals surface area contributed by atoms with Crippen molar-refractivity contribution in [3.63, 3.8) is 0 Å². The molecule has 0 saturated carbocycles. The van der Waals surface area contributed by atoms with E-state index in [9.17, 15) is 4.79 Å². The Morgan fingerprint density at radius 1 is 1.11 bits per heavy atom. The second-order valence-electron chi connectivity index (χ2n) is 6.02. The molecule has 0 atom stereocenters. The van der Waals surface area contributed by atoms with E-state index in [1.165, 1.54) is 22.9 Å². The summed E-state index contributed by atoms with van der Waals surface area (Å²) in [6.45, 7) is 4.14. The number of halogens is 2. The quantitative estimate of drug-likeness (QED) is 0.545. The van der Waals surface area contributed by atoms with Gasteiger partial charge >= 0.3 is 0 Å². The molecule has 140 valence electrons. The largest absolute Gasteiger partial charge is 0.416 e. The molecule has 0 aliphatic carbocycles. The van der Waals surface area contributed by atoms with E-state index < -0.39 is 0 Å². The van der Waals surface area contributed by atoms with Gasteiger partial charge in [0.15, 0.2) is 0 Å². The molecule has 1 N–H and O–H groups in total. The summed E-state index contributed by atoms with van der Waals surface area (Å²) in [5.74, 6) is 0.421. The predicted molar refractivity (Wildman–Crippen MR) is 109 cm³/mol. The van der Waals surface area contributed by atoms with Gasteiger partial charge in [0, 0.05) is 5.02 Å². The van der Waals surface area contributed by atoms with Crippen LogP contribution in [0.15, 0.2) is 46.0 Å². The first-order valence-corrected chi connectivity index (χ1v) is 9.91. The molecule has 2 aromatic carbocycles. The van der Waals surface area contributed by atoms with E-state index in [1.54, 1.807) is 18.2 Å². The van der Waals surface area contributed by atoms with Crippen molar-refractivity contribution >= 4 is 46.6 Å². The molecule has 0 unspecified atom stereocenters. The van der Waals surface area contributed by atoms with Gasteiger partial charge in [-0.2, -0.15) is 0 Å². The molecule has 0 bridgehead atoms. The lowest BCUT2D eigenvalue weighted by molar-refractivity contribution is -0.113. The van der Waals surface area contributed by atoms with Crippen molar-refractivity contribution in [3.05, 3.63) is 69.0 Å². The molecule has 0 aliphatic rings. The van der Waals surface area contributed by atoms with E-state index in [4.69, 9.17) is 27.6 Å². The van der Waals surface area contributed by atoms with Gasteiger partial charge < -0.3 is 9.73 Å². The van der Waals surface area contributed by atoms with Crippen molar-refractivity contribution in [1.29, 1.82) is 0 Å². The van der Waals surface area contributed by atoms with Crippen LogP contribution in [0.25, 0.3) is 0 Å². The molecule has 8 heteroatoms. The van der Waals surface area contributed by atoms with Crippen LogP contribution >= 0.6 is 35.0 Å². The number of rotatable bonds is 6. The number of aryl methyl sites for hydroxylation is 2. The first kappa shape index (κ1) is 19.7. The number of anilines is 1. The topological polar surface area (TPSA) is 68.0 Å². The van der Waals surface area contributed by atoms with Gasteiger partial charge in [-0.15, -0.1) is 10.2 Å². The zero-order valence-electron chi connectivity index (χ0n) is 14.8. The SMILES string of the molecule is Cc1ccc(Cc2nnc(SCC(=O)Nc3ccc(Cl)cc3Cl)o2)cc1C. The zero-order chi connectivity index (χ0) is 19.4. The summed E-state index contributed by atoms with van der Waals surface area (Å²) >= 11 is 13.1. The van der Waals surface area contributed by atoms with Gasteiger partial charge in [-0.1, -0.05) is 53.2 Å². The van der Waals surface area contributed by atoms with E-state index in [2.05, 4.69) is 41.5 Å². The maximum absolute atomic E-state index is 12.1. The number of carbonyl (C=O) groups excluding carboxylic acids is 1. The van der Waals surface area contributed by atoms with Crippen LogP contribution in [0.3, 0.4) is 0 Å². The highest BCUT2D eigenvalue weighted by atomic mass is 35.5. The number of benzene rings is 2. The molecule has 0 radical (unpaired) electrons. The average Bonchev–Trinajstić information content (AvgIpc) is 3.06. The number of amides is 1. The second-order valence-corrected chi connectivity index (χ2v) is 7.79. The summed E-state index contributed by atoms with van der Waals surface area (Å²) in [5.41, 5.74) is 4.08. The number of hydrogen-bond acceptors (Lipinski definition) is 5. The van der Waals surface area contributed by atoms with Gasteiger partial charge in [0.2, 0.25) is 11.8 Å². The van der Waals surface area contributed by atoms with Crippen LogP contribution in [0.2, 0.25) is 10.0 Å². The molecule has 27 heavy (non-hydrogen) atoms. The molecule has 0 fully saturated rings. The Bertz CT molecular complexity index is 975. The summed E-state index contributed by atoms with van der Waals surface area (Å²) in [5, 5.41) is 12.0. The predicted octanol–water partition coefficient (Wildman–Crippen LogP) is 5.31. The number of nitrogens with zero attached hydrogens (tertiary/aromatic N) is 2. The van der Waals surface area contributed by atoms with Gasteiger partial charge in [0.05, 0.1) is 22.9 Å². The van der Waals surface area contributed by atoms with Crippen LogP contribution in [-0.2, 0) is 11.2 Å². The molecular formula is C19H17Cl2N3O2S. The van der Waals surface area contributed by atoms with E-state index in [1.807, 2.05) is 6.07 Å². The maximum Gasteiger partial charge on any atom is 0.277 e. The minimum Gasteiger partial charge on any atom is -0.416 e. The molecule has 3 aromatic rings. The third kappa shape index (κ3) is 5.48. The summed E-state index contributed by atoms with van der Waals surface area (Å²) < 4.78 is 5.61. The fraction of sp³-hybridized carbons (Fsp3) is 0.211. The molecular weight excluding hydrogens is 405 g/mol. The van der Waals surface area contributed by atoms with Crippen LogP contribution in [0.4, 0.5) is 5.69 Å². The standard InChI is InChI=1S/C19H17Cl2N3O2S/c1-11-3-4-13(7-12(11)2)8-18-23-24-19(26-18)27-10-17(25)22-16-6-5-14(20)9-15(16)21/h3-7,9H,8,10H2,1-2H3,(H,22,25). The van der Waals surface area contributed by atoms with Crippen LogP contribution in [0.5, 0.6) is 0 Å². The first-order valence-electron chi connectivity index (χ1n) is 8.17. The monoisotopic (exact) mass is 421 g/mol. The highest BCUT2D eigenvalue weighted by molar-refractivity contribution is 7.99. The fourth-order valence-electron chi connectivity index (χ4n) is 2.36. The van der Waals surface area contributed by atoms with Crippen molar-refractivity contribution in [2.24, 2.45) is 0 Å². The molecule has 1 amide bonds. The fourth-order valence-corrected chi connectivity index (χ4v) is 3.40. The Morgan fingerprint density at radius 3 is 2.67 bits per heavy atom. The van der Waals surface area contributed by atoms with Gasteiger partial charge in [-0.25, -0.2) is 0 Å². The summed E-state index contributed by atoms with van der Waals surface area (Å²) in [6.07, 6.45) is 0.557. The molecule has 0 aliphatic heterocycles. The highest BCUT2D eigenvalue weighted by Gasteiger charge is 2.12. The third-order valence-electron chi connectivity index (χ3n) is 3.91. The highest BCUT2D eigenvalue weighted by Crippen LogP contribution is 2.26. The van der Waals surface area contributed by atoms with Crippen molar-refractivity contribution < 1.29 is 9.21 Å².